The predicted molar refractivity (Wildman–Crippen MR) is 381 cm³/mol. The van der Waals surface area contributed by atoms with Crippen LogP contribution >= 0.6 is 15.6 Å². The van der Waals surface area contributed by atoms with Gasteiger partial charge in [-0.25, -0.2) is 9.13 Å². The number of ether oxygens (including phenoxy) is 4. The molecule has 0 amide bonds. The average Bonchev–Trinajstić information content (AvgIpc) is 2.69. The first kappa shape index (κ1) is 92.1. The summed E-state index contributed by atoms with van der Waals surface area (Å²) < 4.78 is 68.5. The summed E-state index contributed by atoms with van der Waals surface area (Å²) >= 11 is 0. The number of phosphoric ester groups is 2. The third-order valence-electron chi connectivity index (χ3n) is 17.5. The smallest absolute Gasteiger partial charge is 0.462 e. The molecule has 0 aliphatic heterocycles. The van der Waals surface area contributed by atoms with Crippen LogP contribution in [0, 0.1) is 11.8 Å². The Balaban J connectivity index is 5.23. The molecule has 0 heterocycles. The van der Waals surface area contributed by atoms with Gasteiger partial charge in [-0.05, 0) is 37.5 Å². The predicted octanol–water partition coefficient (Wildman–Crippen LogP) is 21.9. The van der Waals surface area contributed by atoms with Crippen molar-refractivity contribution in [1.29, 1.82) is 0 Å². The highest BCUT2D eigenvalue weighted by Crippen LogP contribution is 2.45. The lowest BCUT2D eigenvalue weighted by atomic mass is 10.0. The van der Waals surface area contributed by atoms with Crippen molar-refractivity contribution in [3.05, 3.63) is 0 Å². The highest BCUT2D eigenvalue weighted by Gasteiger charge is 2.30. The van der Waals surface area contributed by atoms with Crippen LogP contribution in [0.2, 0.25) is 0 Å². The van der Waals surface area contributed by atoms with Crippen molar-refractivity contribution in [2.24, 2.45) is 11.8 Å². The average molecular weight is 1380 g/mol. The van der Waals surface area contributed by atoms with Crippen LogP contribution in [0.25, 0.3) is 0 Å². The number of aliphatic hydroxyl groups is 1. The zero-order valence-electron chi connectivity index (χ0n) is 61.3. The van der Waals surface area contributed by atoms with E-state index >= 15 is 0 Å². The van der Waals surface area contributed by atoms with Crippen LogP contribution in [-0.2, 0) is 65.4 Å². The minimum Gasteiger partial charge on any atom is -0.462 e. The summed E-state index contributed by atoms with van der Waals surface area (Å²) in [6.07, 6.45) is 54.1. The fraction of sp³-hybridized carbons (Fsp3) is 0.947. The van der Waals surface area contributed by atoms with Crippen LogP contribution in [0.4, 0.5) is 0 Å². The first-order valence-electron chi connectivity index (χ1n) is 39.0. The Morgan fingerprint density at radius 3 is 0.723 bits per heavy atom. The van der Waals surface area contributed by atoms with Gasteiger partial charge in [0.15, 0.2) is 12.2 Å². The van der Waals surface area contributed by atoms with Gasteiger partial charge in [-0.3, -0.25) is 37.3 Å². The largest absolute Gasteiger partial charge is 0.472 e. The molecule has 558 valence electrons. The van der Waals surface area contributed by atoms with Crippen molar-refractivity contribution in [3.63, 3.8) is 0 Å². The van der Waals surface area contributed by atoms with Crippen molar-refractivity contribution in [2.75, 3.05) is 39.6 Å². The van der Waals surface area contributed by atoms with Gasteiger partial charge in [-0.15, -0.1) is 0 Å². The van der Waals surface area contributed by atoms with Crippen molar-refractivity contribution >= 4 is 39.5 Å². The molecule has 0 fully saturated rings. The standard InChI is InChI=1S/C75H146O17P2/c1-7-9-11-13-15-17-18-19-20-21-25-28-34-40-46-52-58-73(78)86-64-71(91-74(79)59-53-47-41-35-29-26-23-22-24-27-32-37-43-49-55-67(3)4)66-90-94(83,84)88-62-69(76)61-87-93(81,82)89-65-70(63-85-72(77)57-51-45-39-31-16-14-12-10-8-2)92-75(80)60-54-48-42-36-30-33-38-44-50-56-68(5)6/h67-71,76H,7-66H2,1-6H3,(H,81,82)(H,83,84)/t69-,70+,71+/m0/s1. The molecule has 0 rings (SSSR count). The number of hydrogen-bond acceptors (Lipinski definition) is 15. The van der Waals surface area contributed by atoms with E-state index in [2.05, 4.69) is 41.5 Å². The number of carbonyl (C=O) groups excluding carboxylic acids is 4. The monoisotopic (exact) mass is 1380 g/mol. The molecule has 0 spiro atoms. The Kier molecular flexibility index (Phi) is 65.5. The lowest BCUT2D eigenvalue weighted by Crippen LogP contribution is -2.30. The van der Waals surface area contributed by atoms with Gasteiger partial charge < -0.3 is 33.8 Å². The minimum absolute atomic E-state index is 0.105. The lowest BCUT2D eigenvalue weighted by molar-refractivity contribution is -0.161. The Bertz CT molecular complexity index is 1820. The maximum atomic E-state index is 13.1. The first-order chi connectivity index (χ1) is 45.4. The van der Waals surface area contributed by atoms with Crippen molar-refractivity contribution in [2.45, 2.75) is 407 Å². The molecule has 0 saturated heterocycles. The van der Waals surface area contributed by atoms with E-state index in [1.54, 1.807) is 0 Å². The summed E-state index contributed by atoms with van der Waals surface area (Å²) in [5.74, 6) is -0.586. The maximum absolute atomic E-state index is 13.1. The second kappa shape index (κ2) is 66.9. The van der Waals surface area contributed by atoms with Crippen LogP contribution in [0.3, 0.4) is 0 Å². The zero-order valence-corrected chi connectivity index (χ0v) is 63.1. The molecule has 0 aliphatic carbocycles. The number of unbranched alkanes of at least 4 members (excludes halogenated alkanes) is 44. The molecular formula is C75H146O17P2. The van der Waals surface area contributed by atoms with E-state index < -0.39 is 97.5 Å². The Morgan fingerprint density at radius 2 is 0.489 bits per heavy atom. The van der Waals surface area contributed by atoms with Gasteiger partial charge in [-0.2, -0.15) is 0 Å². The van der Waals surface area contributed by atoms with Gasteiger partial charge >= 0.3 is 39.5 Å². The fourth-order valence-electron chi connectivity index (χ4n) is 11.5. The quantitative estimate of drug-likeness (QED) is 0.0222. The number of hydrogen-bond donors (Lipinski definition) is 3. The molecule has 0 aromatic rings. The maximum Gasteiger partial charge on any atom is 0.472 e. The summed E-state index contributed by atoms with van der Waals surface area (Å²) in [5, 5.41) is 10.6. The minimum atomic E-state index is -4.96. The molecule has 0 aliphatic rings. The molecule has 19 heteroatoms. The molecule has 0 aromatic carbocycles. The van der Waals surface area contributed by atoms with E-state index in [9.17, 15) is 43.2 Å². The Hall–Kier alpha value is -1.94. The highest BCUT2D eigenvalue weighted by molar-refractivity contribution is 7.47. The van der Waals surface area contributed by atoms with Crippen LogP contribution in [-0.4, -0.2) is 96.7 Å². The van der Waals surface area contributed by atoms with E-state index in [1.807, 2.05) is 0 Å². The topological polar surface area (TPSA) is 237 Å². The molecule has 17 nitrogen and oxygen atoms in total. The normalized spacial score (nSPS) is 14.0. The summed E-state index contributed by atoms with van der Waals surface area (Å²) in [6.45, 7) is 9.57. The van der Waals surface area contributed by atoms with Gasteiger partial charge in [0.2, 0.25) is 0 Å². The zero-order chi connectivity index (χ0) is 69.3. The van der Waals surface area contributed by atoms with Gasteiger partial charge in [0.1, 0.15) is 19.3 Å². The summed E-state index contributed by atoms with van der Waals surface area (Å²) in [4.78, 5) is 72.7. The number of esters is 4. The fourth-order valence-corrected chi connectivity index (χ4v) is 13.1. The number of carbonyl (C=O) groups is 4. The number of phosphoric acid groups is 2. The van der Waals surface area contributed by atoms with E-state index in [0.717, 1.165) is 102 Å². The Labute approximate surface area is 575 Å². The van der Waals surface area contributed by atoms with E-state index in [-0.39, 0.29) is 25.7 Å². The van der Waals surface area contributed by atoms with Crippen molar-refractivity contribution in [1.82, 2.24) is 0 Å². The molecule has 3 N–H and O–H groups in total. The van der Waals surface area contributed by atoms with Crippen LogP contribution in [0.1, 0.15) is 388 Å². The summed E-state index contributed by atoms with van der Waals surface area (Å²) in [6, 6.07) is 0. The number of aliphatic hydroxyl groups excluding tert-OH is 1. The molecule has 5 atom stereocenters. The SMILES string of the molecule is CCCCCCCCCCCCCCCCCCC(=O)OC[C@H](COP(=O)(O)OC[C@@H](O)COP(=O)(O)OC[C@@H](COC(=O)CCCCCCCCCCC)OC(=O)CCCCCCCCCCCC(C)C)OC(=O)CCCCCCCCCCCCCCCCC(C)C. The number of rotatable bonds is 74. The van der Waals surface area contributed by atoms with E-state index in [1.165, 1.54) is 205 Å². The van der Waals surface area contributed by atoms with Gasteiger partial charge in [0.25, 0.3) is 0 Å². The van der Waals surface area contributed by atoms with Gasteiger partial charge in [-0.1, -0.05) is 337 Å². The molecule has 0 bridgehead atoms. The van der Waals surface area contributed by atoms with Crippen LogP contribution < -0.4 is 0 Å². The molecule has 0 radical (unpaired) electrons. The highest BCUT2D eigenvalue weighted by atomic mass is 31.2. The molecule has 2 unspecified atom stereocenters. The van der Waals surface area contributed by atoms with Crippen molar-refractivity contribution < 1.29 is 80.2 Å². The van der Waals surface area contributed by atoms with E-state index in [0.29, 0.717) is 25.7 Å². The summed E-state index contributed by atoms with van der Waals surface area (Å²) in [5.41, 5.74) is 0. The Morgan fingerprint density at radius 1 is 0.287 bits per heavy atom. The molecule has 94 heavy (non-hydrogen) atoms. The molecular weight excluding hydrogens is 1230 g/mol. The first-order valence-corrected chi connectivity index (χ1v) is 42.0. The third kappa shape index (κ3) is 68.6. The summed E-state index contributed by atoms with van der Waals surface area (Å²) in [7, 11) is -9.91. The molecule has 0 saturated carbocycles. The lowest BCUT2D eigenvalue weighted by Gasteiger charge is -2.21. The second-order valence-corrected chi connectivity index (χ2v) is 30.9. The van der Waals surface area contributed by atoms with Crippen LogP contribution in [0.5, 0.6) is 0 Å². The molecule has 0 aromatic heterocycles. The van der Waals surface area contributed by atoms with E-state index in [4.69, 9.17) is 37.0 Å². The van der Waals surface area contributed by atoms with Gasteiger partial charge in [0.05, 0.1) is 26.4 Å². The van der Waals surface area contributed by atoms with Crippen molar-refractivity contribution in [3.8, 4) is 0 Å². The third-order valence-corrected chi connectivity index (χ3v) is 19.4. The van der Waals surface area contributed by atoms with Gasteiger partial charge in [0, 0.05) is 25.7 Å². The van der Waals surface area contributed by atoms with Crippen LogP contribution in [0.15, 0.2) is 0 Å². The second-order valence-electron chi connectivity index (χ2n) is 28.0.